The second-order valence-electron chi connectivity index (χ2n) is 7.44. The normalized spacial score (nSPS) is 19.4. The average Bonchev–Trinajstić information content (AvgIpc) is 2.79. The Morgan fingerprint density at radius 2 is 1.64 bits per heavy atom. The molecule has 2 aromatic rings. The van der Waals surface area contributed by atoms with E-state index in [-0.39, 0.29) is 18.3 Å². The first kappa shape index (κ1) is 18.4. The number of ether oxygens (including phenoxy) is 1. The largest absolute Gasteiger partial charge is 0.497 e. The second-order valence-corrected chi connectivity index (χ2v) is 7.75. The lowest BCUT2D eigenvalue weighted by atomic mass is 9.78. The van der Waals surface area contributed by atoms with Crippen LogP contribution in [-0.2, 0) is 9.31 Å². The van der Waals surface area contributed by atoms with Gasteiger partial charge in [-0.25, -0.2) is 0 Å². The van der Waals surface area contributed by atoms with Crippen LogP contribution in [0.1, 0.15) is 33.3 Å². The smallest absolute Gasteiger partial charge is 0.491 e. The minimum absolute atomic E-state index is 0.348. The third-order valence-electron chi connectivity index (χ3n) is 5.16. The Balaban J connectivity index is 1.91. The van der Waals surface area contributed by atoms with Crippen LogP contribution in [0.5, 0.6) is 5.75 Å². The molecule has 25 heavy (non-hydrogen) atoms. The van der Waals surface area contributed by atoms with Crippen molar-refractivity contribution in [1.29, 1.82) is 0 Å². The molecule has 1 saturated heterocycles. The van der Waals surface area contributed by atoms with Crippen LogP contribution < -0.4 is 4.74 Å². The van der Waals surface area contributed by atoms with Gasteiger partial charge >= 0.3 is 7.12 Å². The molecule has 132 valence electrons. The van der Waals surface area contributed by atoms with Gasteiger partial charge in [0, 0.05) is 5.75 Å². The van der Waals surface area contributed by atoms with E-state index in [9.17, 15) is 0 Å². The van der Waals surface area contributed by atoms with Crippen LogP contribution >= 0.6 is 12.6 Å². The lowest BCUT2D eigenvalue weighted by molar-refractivity contribution is 0.00578. The predicted octanol–water partition coefficient (Wildman–Crippen LogP) is 4.79. The minimum Gasteiger partial charge on any atom is -0.497 e. The van der Waals surface area contributed by atoms with Gasteiger partial charge in [-0.05, 0) is 67.7 Å². The molecule has 3 rings (SSSR count). The van der Waals surface area contributed by atoms with Gasteiger partial charge in [-0.3, -0.25) is 0 Å². The van der Waals surface area contributed by atoms with E-state index in [1.54, 1.807) is 7.11 Å². The molecule has 0 bridgehead atoms. The maximum atomic E-state index is 6.15. The van der Waals surface area contributed by atoms with Gasteiger partial charge in [-0.2, -0.15) is 12.6 Å². The first-order chi connectivity index (χ1) is 11.8. The van der Waals surface area contributed by atoms with Crippen LogP contribution in [-0.4, -0.2) is 31.2 Å². The fourth-order valence-electron chi connectivity index (χ4n) is 2.86. The predicted molar refractivity (Wildman–Crippen MR) is 108 cm³/mol. The maximum Gasteiger partial charge on any atom is 0.491 e. The molecule has 0 radical (unpaired) electrons. The second kappa shape index (κ2) is 6.71. The Bertz CT molecular complexity index is 798. The molecule has 2 aromatic carbocycles. The van der Waals surface area contributed by atoms with Gasteiger partial charge < -0.3 is 14.0 Å². The van der Waals surface area contributed by atoms with E-state index >= 15 is 0 Å². The monoisotopic (exact) mass is 356 g/mol. The van der Waals surface area contributed by atoms with Gasteiger partial charge in [0.05, 0.1) is 18.3 Å². The molecular formula is C20H25BO3S. The van der Waals surface area contributed by atoms with Crippen molar-refractivity contribution < 1.29 is 14.0 Å². The Morgan fingerprint density at radius 1 is 1.04 bits per heavy atom. The molecule has 0 aromatic heterocycles. The summed E-state index contributed by atoms with van der Waals surface area (Å²) >= 11 is 4.49. The lowest BCUT2D eigenvalue weighted by Gasteiger charge is -2.32. The molecule has 1 fully saturated rings. The van der Waals surface area contributed by atoms with E-state index in [0.29, 0.717) is 5.75 Å². The Kier molecular flexibility index (Phi) is 4.93. The van der Waals surface area contributed by atoms with Crippen molar-refractivity contribution in [1.82, 2.24) is 0 Å². The molecule has 0 aliphatic carbocycles. The van der Waals surface area contributed by atoms with Gasteiger partial charge in [0.25, 0.3) is 0 Å². The van der Waals surface area contributed by atoms with E-state index in [1.165, 1.54) is 5.39 Å². The van der Waals surface area contributed by atoms with E-state index < -0.39 is 0 Å². The molecule has 1 heterocycles. The number of hydrogen-bond acceptors (Lipinski definition) is 4. The van der Waals surface area contributed by atoms with E-state index in [2.05, 4.69) is 70.7 Å². The van der Waals surface area contributed by atoms with Crippen molar-refractivity contribution in [2.75, 3.05) is 12.9 Å². The molecule has 5 heteroatoms. The molecule has 0 unspecified atom stereocenters. The van der Waals surface area contributed by atoms with Crippen molar-refractivity contribution in [3.05, 3.63) is 47.4 Å². The summed E-state index contributed by atoms with van der Waals surface area (Å²) in [6, 6.07) is 12.4. The molecule has 0 saturated carbocycles. The Morgan fingerprint density at radius 3 is 2.24 bits per heavy atom. The third kappa shape index (κ3) is 3.59. The minimum atomic E-state index is -0.367. The maximum absolute atomic E-state index is 6.15. The summed E-state index contributed by atoms with van der Waals surface area (Å²) in [5.41, 5.74) is 1.44. The van der Waals surface area contributed by atoms with Crippen molar-refractivity contribution in [2.45, 2.75) is 38.9 Å². The summed E-state index contributed by atoms with van der Waals surface area (Å²) in [5, 5.41) is 2.32. The highest BCUT2D eigenvalue weighted by molar-refractivity contribution is 7.80. The van der Waals surface area contributed by atoms with Crippen molar-refractivity contribution >= 4 is 36.6 Å². The van der Waals surface area contributed by atoms with Crippen LogP contribution in [0.25, 0.3) is 16.8 Å². The van der Waals surface area contributed by atoms with Gasteiger partial charge in [0.1, 0.15) is 5.75 Å². The summed E-state index contributed by atoms with van der Waals surface area (Å²) in [6.07, 6.45) is 2.11. The SMILES string of the molecule is COc1ccc2cc(C=C(CS)B3OC(C)(C)C(C)(C)O3)ccc2c1. The lowest BCUT2D eigenvalue weighted by Crippen LogP contribution is -2.41. The summed E-state index contributed by atoms with van der Waals surface area (Å²) < 4.78 is 17.6. The van der Waals surface area contributed by atoms with Crippen molar-refractivity contribution in [3.63, 3.8) is 0 Å². The zero-order valence-corrected chi connectivity index (χ0v) is 16.4. The van der Waals surface area contributed by atoms with Crippen LogP contribution in [0.2, 0.25) is 0 Å². The fraction of sp³-hybridized carbons (Fsp3) is 0.400. The number of fused-ring (bicyclic) bond motifs is 1. The van der Waals surface area contributed by atoms with Gasteiger partial charge in [-0.1, -0.05) is 24.3 Å². The molecule has 0 spiro atoms. The highest BCUT2D eigenvalue weighted by Crippen LogP contribution is 2.39. The zero-order valence-electron chi connectivity index (χ0n) is 15.5. The topological polar surface area (TPSA) is 27.7 Å². The van der Waals surface area contributed by atoms with E-state index in [1.807, 2.05) is 12.1 Å². The van der Waals surface area contributed by atoms with Crippen LogP contribution in [0.4, 0.5) is 0 Å². The standard InChI is InChI=1S/C20H25BO3S/c1-19(2)20(3,4)24-21(23-19)17(13-25)11-14-6-7-16-12-18(22-5)9-8-15(16)10-14/h6-12,25H,13H2,1-5H3. The Labute approximate surface area is 155 Å². The van der Waals surface area contributed by atoms with E-state index in [4.69, 9.17) is 14.0 Å². The number of rotatable bonds is 4. The Hall–Kier alpha value is -1.43. The van der Waals surface area contributed by atoms with Crippen LogP contribution in [0, 0.1) is 0 Å². The van der Waals surface area contributed by atoms with Crippen molar-refractivity contribution in [3.8, 4) is 5.75 Å². The van der Waals surface area contributed by atoms with E-state index in [0.717, 1.165) is 22.2 Å². The molecular weight excluding hydrogens is 331 g/mol. The molecule has 0 N–H and O–H groups in total. The molecule has 0 amide bonds. The first-order valence-corrected chi connectivity index (χ1v) is 9.14. The third-order valence-corrected chi connectivity index (χ3v) is 5.53. The van der Waals surface area contributed by atoms with Crippen LogP contribution in [0.3, 0.4) is 0 Å². The number of benzene rings is 2. The fourth-order valence-corrected chi connectivity index (χ4v) is 3.10. The van der Waals surface area contributed by atoms with Crippen LogP contribution in [0.15, 0.2) is 41.9 Å². The molecule has 1 aliphatic rings. The molecule has 1 aliphatic heterocycles. The highest BCUT2D eigenvalue weighted by atomic mass is 32.1. The van der Waals surface area contributed by atoms with Gasteiger partial charge in [-0.15, -0.1) is 0 Å². The zero-order chi connectivity index (χ0) is 18.2. The summed E-state index contributed by atoms with van der Waals surface area (Å²) in [4.78, 5) is 0. The summed E-state index contributed by atoms with van der Waals surface area (Å²) in [7, 11) is 1.32. The first-order valence-electron chi connectivity index (χ1n) is 8.50. The quantitative estimate of drug-likeness (QED) is 0.630. The summed E-state index contributed by atoms with van der Waals surface area (Å²) in [6.45, 7) is 8.25. The average molecular weight is 356 g/mol. The van der Waals surface area contributed by atoms with Gasteiger partial charge in [0.15, 0.2) is 0 Å². The number of methoxy groups -OCH3 is 1. The highest BCUT2D eigenvalue weighted by Gasteiger charge is 2.52. The number of hydrogen-bond donors (Lipinski definition) is 1. The number of thiol groups is 1. The molecule has 3 nitrogen and oxygen atoms in total. The van der Waals surface area contributed by atoms with Gasteiger partial charge in [0.2, 0.25) is 0 Å². The summed E-state index contributed by atoms with van der Waals surface area (Å²) in [5.74, 6) is 1.45. The van der Waals surface area contributed by atoms with Crippen molar-refractivity contribution in [2.24, 2.45) is 0 Å². The molecule has 0 atom stereocenters.